The summed E-state index contributed by atoms with van der Waals surface area (Å²) in [6, 6.07) is 7.56. The van der Waals surface area contributed by atoms with Crippen LogP contribution in [0.25, 0.3) is 0 Å². The van der Waals surface area contributed by atoms with E-state index in [1.54, 1.807) is 4.90 Å². The molecule has 2 amide bonds. The highest BCUT2D eigenvalue weighted by molar-refractivity contribution is 6.31. The Morgan fingerprint density at radius 3 is 2.81 bits per heavy atom. The molecule has 3 saturated heterocycles. The molecule has 172 valence electrons. The lowest BCUT2D eigenvalue weighted by Crippen LogP contribution is -2.46. The molecule has 4 heterocycles. The summed E-state index contributed by atoms with van der Waals surface area (Å²) >= 11 is 6.31. The lowest BCUT2D eigenvalue weighted by molar-refractivity contribution is -0.137. The molecule has 2 bridgehead atoms. The van der Waals surface area contributed by atoms with Crippen LogP contribution >= 0.6 is 11.6 Å². The second kappa shape index (κ2) is 8.78. The molecule has 0 saturated carbocycles. The Hall–Kier alpha value is -1.93. The number of halogens is 1. The zero-order valence-electron chi connectivity index (χ0n) is 18.5. The minimum atomic E-state index is -0.690. The van der Waals surface area contributed by atoms with Crippen LogP contribution in [0.2, 0.25) is 5.02 Å². The van der Waals surface area contributed by atoms with Gasteiger partial charge in [0.25, 0.3) is 0 Å². The monoisotopic (exact) mass is 458 g/mol. The molecule has 4 aliphatic rings. The number of ether oxygens (including phenoxy) is 1. The Labute approximate surface area is 194 Å². The molecule has 0 aromatic heterocycles. The van der Waals surface area contributed by atoms with Crippen LogP contribution in [-0.2, 0) is 20.9 Å². The minimum Gasteiger partial charge on any atom is -0.360 e. The number of benzene rings is 1. The van der Waals surface area contributed by atoms with Crippen molar-refractivity contribution in [2.24, 2.45) is 11.8 Å². The van der Waals surface area contributed by atoms with E-state index in [1.807, 2.05) is 36.4 Å². The maximum Gasteiger partial charge on any atom is 0.230 e. The maximum atomic E-state index is 13.3. The zero-order valence-corrected chi connectivity index (χ0v) is 19.3. The van der Waals surface area contributed by atoms with Crippen molar-refractivity contribution in [1.29, 1.82) is 0 Å². The summed E-state index contributed by atoms with van der Waals surface area (Å²) in [5.74, 6) is -1.02. The topological polar surface area (TPSA) is 65.1 Å². The van der Waals surface area contributed by atoms with Crippen LogP contribution in [0.15, 0.2) is 36.4 Å². The molecule has 5 rings (SSSR count). The van der Waals surface area contributed by atoms with Gasteiger partial charge in [-0.3, -0.25) is 9.59 Å². The van der Waals surface area contributed by atoms with E-state index in [4.69, 9.17) is 16.3 Å². The molecule has 3 fully saturated rings. The first kappa shape index (κ1) is 21.9. The SMILES string of the molecule is CN1CCN(CCCNC(=O)C2[C@H]3C=CC4(CN(Cc5ccccc5Cl)C(=O)[C@@H]24)O3)CC1. The predicted octanol–water partition coefficient (Wildman–Crippen LogP) is 1.38. The van der Waals surface area contributed by atoms with Crippen LogP contribution in [0.3, 0.4) is 0 Å². The van der Waals surface area contributed by atoms with E-state index in [-0.39, 0.29) is 17.9 Å². The van der Waals surface area contributed by atoms with Gasteiger partial charge in [-0.2, -0.15) is 0 Å². The second-order valence-electron chi connectivity index (χ2n) is 9.48. The number of nitrogens with one attached hydrogen (secondary N) is 1. The van der Waals surface area contributed by atoms with Crippen molar-refractivity contribution >= 4 is 23.4 Å². The molecule has 32 heavy (non-hydrogen) atoms. The normalized spacial score (nSPS) is 32.0. The number of piperazine rings is 1. The fourth-order valence-electron chi connectivity index (χ4n) is 5.55. The molecule has 0 aliphatic carbocycles. The summed E-state index contributed by atoms with van der Waals surface area (Å²) in [7, 11) is 2.15. The van der Waals surface area contributed by atoms with Gasteiger partial charge in [-0.05, 0) is 31.6 Å². The van der Waals surface area contributed by atoms with Crippen molar-refractivity contribution in [3.8, 4) is 0 Å². The first-order chi connectivity index (χ1) is 15.5. The van der Waals surface area contributed by atoms with Crippen LogP contribution in [0.5, 0.6) is 0 Å². The third kappa shape index (κ3) is 3.96. The number of carbonyl (C=O) groups excluding carboxylic acids is 2. The molecular weight excluding hydrogens is 428 g/mol. The van der Waals surface area contributed by atoms with Crippen molar-refractivity contribution in [1.82, 2.24) is 20.0 Å². The van der Waals surface area contributed by atoms with Crippen LogP contribution in [-0.4, -0.2) is 91.1 Å². The van der Waals surface area contributed by atoms with Gasteiger partial charge in [0.2, 0.25) is 11.8 Å². The molecule has 1 N–H and O–H groups in total. The second-order valence-corrected chi connectivity index (χ2v) is 9.88. The lowest BCUT2D eigenvalue weighted by Gasteiger charge is -2.32. The fourth-order valence-corrected chi connectivity index (χ4v) is 5.74. The molecule has 1 aromatic carbocycles. The lowest BCUT2D eigenvalue weighted by atomic mass is 9.77. The highest BCUT2D eigenvalue weighted by atomic mass is 35.5. The third-order valence-corrected chi connectivity index (χ3v) is 7.72. The summed E-state index contributed by atoms with van der Waals surface area (Å²) in [6.07, 6.45) is 4.54. The van der Waals surface area contributed by atoms with Crippen molar-refractivity contribution in [3.63, 3.8) is 0 Å². The summed E-state index contributed by atoms with van der Waals surface area (Å²) in [6.45, 7) is 6.83. The van der Waals surface area contributed by atoms with E-state index in [0.29, 0.717) is 24.7 Å². The molecule has 1 spiro atoms. The van der Waals surface area contributed by atoms with Crippen LogP contribution in [0.1, 0.15) is 12.0 Å². The molecular formula is C24H31ClN4O3. The molecule has 0 radical (unpaired) electrons. The summed E-state index contributed by atoms with van der Waals surface area (Å²) in [5.41, 5.74) is 0.215. The molecule has 2 unspecified atom stereocenters. The van der Waals surface area contributed by atoms with E-state index in [1.165, 1.54) is 0 Å². The van der Waals surface area contributed by atoms with Gasteiger partial charge in [0.15, 0.2) is 0 Å². The van der Waals surface area contributed by atoms with Gasteiger partial charge in [-0.25, -0.2) is 0 Å². The summed E-state index contributed by atoms with van der Waals surface area (Å²) in [4.78, 5) is 33.0. The van der Waals surface area contributed by atoms with E-state index in [0.717, 1.165) is 44.7 Å². The number of hydrogen-bond donors (Lipinski definition) is 1. The largest absolute Gasteiger partial charge is 0.360 e. The van der Waals surface area contributed by atoms with Crippen molar-refractivity contribution in [2.75, 3.05) is 52.9 Å². The standard InChI is InChI=1S/C24H31ClN4O3/c1-27-11-13-28(14-12-27)10-4-9-26-22(30)20-19-7-8-24(32-19)16-29(23(31)21(20)24)15-17-5-2-3-6-18(17)25/h2-3,5-8,19-21H,4,9-16H2,1H3,(H,26,30)/t19-,20?,21-,24?/m1/s1. The molecule has 4 aliphatic heterocycles. The number of carbonyl (C=O) groups is 2. The van der Waals surface area contributed by atoms with E-state index >= 15 is 0 Å². The molecule has 4 atom stereocenters. The number of nitrogens with zero attached hydrogens (tertiary/aromatic N) is 3. The van der Waals surface area contributed by atoms with Crippen LogP contribution in [0, 0.1) is 11.8 Å². The average molecular weight is 459 g/mol. The highest BCUT2D eigenvalue weighted by Crippen LogP contribution is 2.52. The van der Waals surface area contributed by atoms with Gasteiger partial charge in [-0.15, -0.1) is 0 Å². The number of likely N-dealkylation sites (tertiary alicyclic amines) is 1. The maximum absolute atomic E-state index is 13.3. The van der Waals surface area contributed by atoms with Gasteiger partial charge in [0, 0.05) is 44.3 Å². The molecule has 1 aromatic rings. The highest BCUT2D eigenvalue weighted by Gasteiger charge is 2.66. The van der Waals surface area contributed by atoms with E-state index in [9.17, 15) is 9.59 Å². The summed E-state index contributed by atoms with van der Waals surface area (Å²) < 4.78 is 6.22. The molecule has 8 heteroatoms. The number of amides is 2. The first-order valence-corrected chi connectivity index (χ1v) is 11.9. The van der Waals surface area contributed by atoms with Gasteiger partial charge < -0.3 is 24.8 Å². The van der Waals surface area contributed by atoms with Crippen LogP contribution in [0.4, 0.5) is 0 Å². The third-order valence-electron chi connectivity index (χ3n) is 7.35. The number of hydrogen-bond acceptors (Lipinski definition) is 5. The first-order valence-electron chi connectivity index (χ1n) is 11.5. The van der Waals surface area contributed by atoms with Crippen molar-refractivity contribution in [3.05, 3.63) is 47.0 Å². The van der Waals surface area contributed by atoms with Gasteiger partial charge in [0.05, 0.1) is 24.5 Å². The number of rotatable bonds is 7. The minimum absolute atomic E-state index is 0.0191. The average Bonchev–Trinajstić information content (AvgIpc) is 3.42. The van der Waals surface area contributed by atoms with E-state index < -0.39 is 17.4 Å². The quantitative estimate of drug-likeness (QED) is 0.494. The van der Waals surface area contributed by atoms with Gasteiger partial charge in [-0.1, -0.05) is 42.0 Å². The van der Waals surface area contributed by atoms with Crippen molar-refractivity contribution < 1.29 is 14.3 Å². The van der Waals surface area contributed by atoms with Crippen molar-refractivity contribution in [2.45, 2.75) is 24.7 Å². The smallest absolute Gasteiger partial charge is 0.230 e. The fraction of sp³-hybridized carbons (Fsp3) is 0.583. The predicted molar refractivity (Wildman–Crippen MR) is 122 cm³/mol. The Kier molecular flexibility index (Phi) is 6.01. The van der Waals surface area contributed by atoms with Crippen LogP contribution < -0.4 is 5.32 Å². The Bertz CT molecular complexity index is 916. The van der Waals surface area contributed by atoms with Gasteiger partial charge >= 0.3 is 0 Å². The Morgan fingerprint density at radius 2 is 2.03 bits per heavy atom. The zero-order chi connectivity index (χ0) is 22.3. The summed E-state index contributed by atoms with van der Waals surface area (Å²) in [5, 5.41) is 3.72. The number of fused-ring (bicyclic) bond motifs is 1. The van der Waals surface area contributed by atoms with Gasteiger partial charge in [0.1, 0.15) is 5.60 Å². The Balaban J connectivity index is 1.18. The van der Waals surface area contributed by atoms with E-state index in [2.05, 4.69) is 22.2 Å². The molecule has 7 nitrogen and oxygen atoms in total. The Morgan fingerprint density at radius 1 is 1.25 bits per heavy atom. The number of likely N-dealkylation sites (N-methyl/N-ethyl adjacent to an activating group) is 1.